The van der Waals surface area contributed by atoms with E-state index < -0.39 is 28.3 Å². The number of aliphatic carboxylic acids is 2. The predicted molar refractivity (Wildman–Crippen MR) is 120 cm³/mol. The number of halogens is 2. The molecule has 0 saturated carbocycles. The molecule has 1 heterocycles. The molecular weight excluding hydrogens is 425 g/mol. The van der Waals surface area contributed by atoms with Gasteiger partial charge in [-0.05, 0) is 51.7 Å². The number of benzene rings is 1. The van der Waals surface area contributed by atoms with Crippen LogP contribution < -0.4 is 0 Å². The highest BCUT2D eigenvalue weighted by molar-refractivity contribution is 6.42. The van der Waals surface area contributed by atoms with Crippen molar-refractivity contribution in [2.75, 3.05) is 0 Å². The molecule has 0 atom stereocenters. The van der Waals surface area contributed by atoms with Gasteiger partial charge in [0, 0.05) is 16.9 Å². The average molecular weight is 454 g/mol. The van der Waals surface area contributed by atoms with E-state index in [0.717, 1.165) is 0 Å². The van der Waals surface area contributed by atoms with Crippen LogP contribution in [-0.2, 0) is 15.0 Å². The molecule has 1 aromatic rings. The van der Waals surface area contributed by atoms with Gasteiger partial charge >= 0.3 is 11.9 Å². The molecule has 5 nitrogen and oxygen atoms in total. The van der Waals surface area contributed by atoms with Crippen LogP contribution in [-0.4, -0.2) is 32.6 Å². The van der Waals surface area contributed by atoms with Gasteiger partial charge in [-0.2, -0.15) is 0 Å². The predicted octanol–water partition coefficient (Wildman–Crippen LogP) is 6.11. The highest BCUT2D eigenvalue weighted by atomic mass is 35.5. The molecule has 0 spiro atoms. The van der Waals surface area contributed by atoms with Crippen LogP contribution in [0.1, 0.15) is 61.0 Å². The lowest BCUT2D eigenvalue weighted by atomic mass is 9.53. The quantitative estimate of drug-likeness (QED) is 0.576. The van der Waals surface area contributed by atoms with Crippen LogP contribution in [0.2, 0.25) is 10.0 Å². The first-order valence-corrected chi connectivity index (χ1v) is 10.4. The topological polar surface area (TPSA) is 77.8 Å². The second-order valence-electron chi connectivity index (χ2n) is 9.64. The maximum absolute atomic E-state index is 12.8. The van der Waals surface area contributed by atoms with E-state index in [0.29, 0.717) is 17.0 Å². The number of carboxylic acids is 2. The molecule has 0 radical (unpaired) electrons. The monoisotopic (exact) mass is 453 g/mol. The highest BCUT2D eigenvalue weighted by Crippen LogP contribution is 2.59. The van der Waals surface area contributed by atoms with E-state index in [4.69, 9.17) is 23.2 Å². The van der Waals surface area contributed by atoms with Crippen LogP contribution in [0.25, 0.3) is 0 Å². The van der Waals surface area contributed by atoms with Gasteiger partial charge in [0.15, 0.2) is 0 Å². The molecule has 2 N–H and O–H groups in total. The molecule has 2 rings (SSSR count). The molecule has 1 aliphatic heterocycles. The maximum Gasteiger partial charge on any atom is 0.334 e. The number of carboxylic acid groups (broad SMARTS) is 2. The van der Waals surface area contributed by atoms with E-state index in [1.165, 1.54) is 0 Å². The zero-order valence-electron chi connectivity index (χ0n) is 18.6. The van der Waals surface area contributed by atoms with Crippen LogP contribution in [0.15, 0.2) is 40.7 Å². The fourth-order valence-electron chi connectivity index (χ4n) is 5.00. The molecular formula is C23H29Cl2NO4. The van der Waals surface area contributed by atoms with E-state index >= 15 is 0 Å². The molecule has 0 aliphatic carbocycles. The summed E-state index contributed by atoms with van der Waals surface area (Å²) in [5.41, 5.74) is -1.66. The minimum atomic E-state index is -1.54. The summed E-state index contributed by atoms with van der Waals surface area (Å²) in [6.07, 6.45) is 0. The Labute approximate surface area is 188 Å². The second-order valence-corrected chi connectivity index (χ2v) is 10.4. The number of rotatable bonds is 3. The number of allylic oxidation sites excluding steroid dienone is 2. The number of hydrogen-bond donors (Lipinski definition) is 2. The fourth-order valence-corrected chi connectivity index (χ4v) is 5.44. The molecule has 0 bridgehead atoms. The lowest BCUT2D eigenvalue weighted by Crippen LogP contribution is -2.55. The normalized spacial score (nSPS) is 17.5. The summed E-state index contributed by atoms with van der Waals surface area (Å²) in [6, 6.07) is 4.93. The van der Waals surface area contributed by atoms with Gasteiger partial charge in [0.25, 0.3) is 0 Å². The van der Waals surface area contributed by atoms with Crippen molar-refractivity contribution >= 4 is 35.1 Å². The van der Waals surface area contributed by atoms with E-state index in [9.17, 15) is 19.8 Å². The van der Waals surface area contributed by atoms with Crippen LogP contribution in [0.4, 0.5) is 0 Å². The van der Waals surface area contributed by atoms with Crippen LogP contribution in [0.5, 0.6) is 0 Å². The molecule has 0 aromatic heterocycles. The van der Waals surface area contributed by atoms with E-state index in [-0.39, 0.29) is 21.2 Å². The van der Waals surface area contributed by atoms with Gasteiger partial charge in [-0.15, -0.1) is 0 Å². The third kappa shape index (κ3) is 3.42. The summed E-state index contributed by atoms with van der Waals surface area (Å²) in [4.78, 5) is 27.3. The average Bonchev–Trinajstić information content (AvgIpc) is 2.53. The Hall–Kier alpha value is -1.98. The van der Waals surface area contributed by atoms with E-state index in [1.807, 2.05) is 41.5 Å². The largest absolute Gasteiger partial charge is 0.478 e. The second kappa shape index (κ2) is 7.61. The Morgan fingerprint density at radius 2 is 1.33 bits per heavy atom. The number of nitrogens with zero attached hydrogens (tertiary/aromatic N) is 1. The summed E-state index contributed by atoms with van der Waals surface area (Å²) in [7, 11) is 0. The van der Waals surface area contributed by atoms with Gasteiger partial charge in [-0.3, -0.25) is 0 Å². The van der Waals surface area contributed by atoms with Gasteiger partial charge in [0.2, 0.25) is 0 Å². The van der Waals surface area contributed by atoms with Gasteiger partial charge in [0.05, 0.1) is 26.6 Å². The molecule has 0 unspecified atom stereocenters. The van der Waals surface area contributed by atoms with Gasteiger partial charge in [-0.1, -0.05) is 56.1 Å². The summed E-state index contributed by atoms with van der Waals surface area (Å²) < 4.78 is 0. The molecule has 1 aromatic carbocycles. The molecule has 0 fully saturated rings. The SMILES string of the molecule is CC1=C(C(=O)O)C(c2cccc(Cl)c2Cl)(C(C)(C)C)C(C(=O)O)=C(C)N1C(C)(C)C. The Balaban J connectivity index is 3.27. The summed E-state index contributed by atoms with van der Waals surface area (Å²) >= 11 is 12.9. The van der Waals surface area contributed by atoms with E-state index in [2.05, 4.69) is 0 Å². The van der Waals surface area contributed by atoms with Crippen molar-refractivity contribution in [3.05, 3.63) is 56.3 Å². The minimum absolute atomic E-state index is 0.0166. The number of carbonyl (C=O) groups is 2. The summed E-state index contributed by atoms with van der Waals surface area (Å²) in [5, 5.41) is 21.2. The van der Waals surface area contributed by atoms with Crippen LogP contribution in [0.3, 0.4) is 0 Å². The molecule has 1 aliphatic rings. The zero-order chi connectivity index (χ0) is 23.4. The van der Waals surface area contributed by atoms with Crippen LogP contribution >= 0.6 is 23.2 Å². The molecule has 164 valence electrons. The first kappa shape index (κ1) is 24.3. The van der Waals surface area contributed by atoms with E-state index in [1.54, 1.807) is 36.9 Å². The summed E-state index contributed by atoms with van der Waals surface area (Å²) in [6.45, 7) is 14.6. The first-order chi connectivity index (χ1) is 13.5. The highest BCUT2D eigenvalue weighted by Gasteiger charge is 2.59. The molecule has 7 heteroatoms. The molecule has 0 saturated heterocycles. The Morgan fingerprint density at radius 3 is 1.67 bits per heavy atom. The van der Waals surface area contributed by atoms with Crippen LogP contribution in [0, 0.1) is 5.41 Å². The third-order valence-corrected chi connectivity index (χ3v) is 6.54. The first-order valence-electron chi connectivity index (χ1n) is 9.65. The maximum atomic E-state index is 12.8. The lowest BCUT2D eigenvalue weighted by Gasteiger charge is -2.54. The Bertz CT molecular complexity index is 940. The standard InChI is InChI=1S/C23H29Cl2NO4/c1-12-16(19(27)28)23(21(3,4)5,14-10-9-11-15(24)18(14)25)17(20(29)30)13(2)26(12)22(6,7)8/h9-11H,1-8H3,(H,27,28)(H,29,30). The van der Waals surface area contributed by atoms with Crippen molar-refractivity contribution in [3.63, 3.8) is 0 Å². The summed E-state index contributed by atoms with van der Waals surface area (Å²) in [5.74, 6) is -2.39. The Kier molecular flexibility index (Phi) is 6.16. The van der Waals surface area contributed by atoms with Gasteiger partial charge < -0.3 is 15.1 Å². The zero-order valence-corrected chi connectivity index (χ0v) is 20.2. The minimum Gasteiger partial charge on any atom is -0.478 e. The van der Waals surface area contributed by atoms with Crippen molar-refractivity contribution in [3.8, 4) is 0 Å². The lowest BCUT2D eigenvalue weighted by molar-refractivity contribution is -0.135. The van der Waals surface area contributed by atoms with Gasteiger partial charge in [-0.25, -0.2) is 9.59 Å². The smallest absolute Gasteiger partial charge is 0.334 e. The van der Waals surface area contributed by atoms with Gasteiger partial charge in [0.1, 0.15) is 0 Å². The third-order valence-electron chi connectivity index (χ3n) is 5.72. The van der Waals surface area contributed by atoms with Crippen molar-refractivity contribution in [2.24, 2.45) is 5.41 Å². The number of hydrogen-bond acceptors (Lipinski definition) is 3. The van der Waals surface area contributed by atoms with Crippen molar-refractivity contribution in [1.82, 2.24) is 4.90 Å². The van der Waals surface area contributed by atoms with Crippen molar-refractivity contribution in [1.29, 1.82) is 0 Å². The fraction of sp³-hybridized carbons (Fsp3) is 0.478. The Morgan fingerprint density at radius 1 is 0.900 bits per heavy atom. The molecule has 30 heavy (non-hydrogen) atoms. The molecule has 0 amide bonds. The van der Waals surface area contributed by atoms with Crippen molar-refractivity contribution < 1.29 is 19.8 Å². The van der Waals surface area contributed by atoms with Crippen molar-refractivity contribution in [2.45, 2.75) is 66.3 Å².